The molecule has 3 rings (SSSR count). The van der Waals surface area contributed by atoms with Crippen LogP contribution in [0.2, 0.25) is 5.02 Å². The average molecular weight is 470 g/mol. The van der Waals surface area contributed by atoms with Gasteiger partial charge in [0, 0.05) is 43.8 Å². The van der Waals surface area contributed by atoms with Gasteiger partial charge in [-0.05, 0) is 42.5 Å². The van der Waals surface area contributed by atoms with E-state index in [0.717, 1.165) is 10.5 Å². The molecule has 2 aromatic rings. The number of carbonyl (C=O) groups excluding carboxylic acids is 2. The zero-order chi connectivity index (χ0) is 22.8. The Morgan fingerprint density at radius 2 is 1.55 bits per heavy atom. The number of hydrogen-bond acceptors (Lipinski definition) is 5. The van der Waals surface area contributed by atoms with E-state index in [-0.39, 0.29) is 47.6 Å². The van der Waals surface area contributed by atoms with Gasteiger partial charge < -0.3 is 9.80 Å². The fraction of sp³-hybridized carbons (Fsp3) is 0.300. The molecule has 1 fully saturated rings. The van der Waals surface area contributed by atoms with Crippen molar-refractivity contribution in [3.8, 4) is 0 Å². The maximum atomic E-state index is 14.0. The second-order valence-corrected chi connectivity index (χ2v) is 9.20. The van der Waals surface area contributed by atoms with Gasteiger partial charge in [-0.25, -0.2) is 12.8 Å². The summed E-state index contributed by atoms with van der Waals surface area (Å²) in [6.45, 7) is 1.00. The average Bonchev–Trinajstić information content (AvgIpc) is 2.79. The highest BCUT2D eigenvalue weighted by molar-refractivity contribution is 7.89. The molecule has 11 heteroatoms. The number of halogens is 2. The molecule has 0 atom stereocenters. The number of hydrogen-bond donors (Lipinski definition) is 0. The third kappa shape index (κ3) is 4.87. The van der Waals surface area contributed by atoms with Crippen molar-refractivity contribution in [2.45, 2.75) is 4.90 Å². The number of carbonyl (C=O) groups is 2. The number of sulfonamides is 1. The van der Waals surface area contributed by atoms with Crippen molar-refractivity contribution in [3.05, 3.63) is 64.4 Å². The Hall–Kier alpha value is -2.53. The van der Waals surface area contributed by atoms with Crippen molar-refractivity contribution >= 4 is 33.4 Å². The summed E-state index contributed by atoms with van der Waals surface area (Å²) in [4.78, 5) is 33.1. The van der Waals surface area contributed by atoms with Crippen LogP contribution in [0.4, 0.5) is 4.39 Å². The molecule has 8 nitrogen and oxygen atoms in total. The van der Waals surface area contributed by atoms with Gasteiger partial charge in [-0.2, -0.15) is 0 Å². The van der Waals surface area contributed by atoms with Crippen LogP contribution in [0.5, 0.6) is 0 Å². The minimum Gasteiger partial charge on any atom is -0.335 e. The SMILES string of the molecule is CON(C)S(=O)(=O)c1ccc(C(=O)N2CCN(C(=O)c3cc(Cl)ccc3F)CC2)cc1. The quantitative estimate of drug-likeness (QED) is 0.627. The van der Waals surface area contributed by atoms with Gasteiger partial charge in [-0.3, -0.25) is 14.4 Å². The van der Waals surface area contributed by atoms with E-state index in [9.17, 15) is 22.4 Å². The number of piperazine rings is 1. The number of benzene rings is 2. The largest absolute Gasteiger partial charge is 0.335 e. The van der Waals surface area contributed by atoms with Gasteiger partial charge in [0.15, 0.2) is 0 Å². The highest BCUT2D eigenvalue weighted by atomic mass is 35.5. The van der Waals surface area contributed by atoms with Crippen molar-refractivity contribution in [1.29, 1.82) is 0 Å². The fourth-order valence-electron chi connectivity index (χ4n) is 3.14. The third-order valence-electron chi connectivity index (χ3n) is 5.01. The molecule has 31 heavy (non-hydrogen) atoms. The van der Waals surface area contributed by atoms with E-state index in [2.05, 4.69) is 0 Å². The van der Waals surface area contributed by atoms with E-state index in [1.54, 1.807) is 4.90 Å². The first-order valence-electron chi connectivity index (χ1n) is 9.32. The number of nitrogens with zero attached hydrogens (tertiary/aromatic N) is 3. The van der Waals surface area contributed by atoms with E-state index in [4.69, 9.17) is 16.4 Å². The van der Waals surface area contributed by atoms with Gasteiger partial charge in [0.25, 0.3) is 21.8 Å². The summed E-state index contributed by atoms with van der Waals surface area (Å²) in [7, 11) is -1.30. The molecule has 0 radical (unpaired) electrons. The van der Waals surface area contributed by atoms with Crippen molar-refractivity contribution in [1.82, 2.24) is 14.3 Å². The van der Waals surface area contributed by atoms with Gasteiger partial charge in [0.05, 0.1) is 17.6 Å². The second-order valence-electron chi connectivity index (χ2n) is 6.83. The Bertz CT molecular complexity index is 1090. The predicted octanol–water partition coefficient (Wildman–Crippen LogP) is 2.26. The summed E-state index contributed by atoms with van der Waals surface area (Å²) in [5.41, 5.74) is 0.213. The molecule has 0 unspecified atom stereocenters. The lowest BCUT2D eigenvalue weighted by atomic mass is 10.1. The number of amides is 2. The molecular weight excluding hydrogens is 449 g/mol. The Balaban J connectivity index is 1.65. The van der Waals surface area contributed by atoms with Gasteiger partial charge in [-0.15, -0.1) is 0 Å². The molecule has 1 heterocycles. The lowest BCUT2D eigenvalue weighted by Crippen LogP contribution is -2.50. The lowest BCUT2D eigenvalue weighted by molar-refractivity contribution is -0.0258. The molecular formula is C20H21ClFN3O5S. The van der Waals surface area contributed by atoms with Gasteiger partial charge in [0.2, 0.25) is 0 Å². The monoisotopic (exact) mass is 469 g/mol. The Morgan fingerprint density at radius 3 is 2.10 bits per heavy atom. The Morgan fingerprint density at radius 1 is 1.00 bits per heavy atom. The number of rotatable bonds is 5. The lowest BCUT2D eigenvalue weighted by Gasteiger charge is -2.35. The molecule has 1 aliphatic heterocycles. The zero-order valence-electron chi connectivity index (χ0n) is 16.9. The van der Waals surface area contributed by atoms with Crippen LogP contribution in [0.3, 0.4) is 0 Å². The van der Waals surface area contributed by atoms with Gasteiger partial charge in [0.1, 0.15) is 5.82 Å². The van der Waals surface area contributed by atoms with Gasteiger partial charge in [-0.1, -0.05) is 16.1 Å². The molecule has 0 bridgehead atoms. The summed E-state index contributed by atoms with van der Waals surface area (Å²) < 4.78 is 39.2. The highest BCUT2D eigenvalue weighted by Crippen LogP contribution is 2.19. The standard InChI is InChI=1S/C20H21ClFN3O5S/c1-23(30-2)31(28,29)16-6-3-14(4-7-16)19(26)24-9-11-25(12-10-24)20(27)17-13-15(21)5-8-18(17)22/h3-8,13H,9-12H2,1-2H3. The smallest absolute Gasteiger partial charge is 0.264 e. The highest BCUT2D eigenvalue weighted by Gasteiger charge is 2.27. The normalized spacial score (nSPS) is 14.7. The van der Waals surface area contributed by atoms with Crippen LogP contribution in [0.25, 0.3) is 0 Å². The molecule has 2 aromatic carbocycles. The molecule has 0 saturated carbocycles. The van der Waals surface area contributed by atoms with E-state index in [1.807, 2.05) is 0 Å². The van der Waals surface area contributed by atoms with E-state index < -0.39 is 21.7 Å². The van der Waals surface area contributed by atoms with Crippen molar-refractivity contribution in [2.24, 2.45) is 0 Å². The minimum absolute atomic E-state index is 0.00707. The topological polar surface area (TPSA) is 87.2 Å². The zero-order valence-corrected chi connectivity index (χ0v) is 18.5. The Kier molecular flexibility index (Phi) is 6.95. The van der Waals surface area contributed by atoms with Crippen LogP contribution in [-0.2, 0) is 14.9 Å². The molecule has 166 valence electrons. The van der Waals surface area contributed by atoms with Crippen LogP contribution < -0.4 is 0 Å². The molecule has 0 aliphatic carbocycles. The molecule has 0 N–H and O–H groups in total. The van der Waals surface area contributed by atoms with Crippen LogP contribution >= 0.6 is 11.6 Å². The molecule has 1 saturated heterocycles. The first-order valence-corrected chi connectivity index (χ1v) is 11.1. The molecule has 0 spiro atoms. The maximum Gasteiger partial charge on any atom is 0.264 e. The minimum atomic E-state index is -3.80. The number of hydroxylamine groups is 1. The summed E-state index contributed by atoms with van der Waals surface area (Å²) in [6, 6.07) is 9.32. The van der Waals surface area contributed by atoms with Crippen LogP contribution in [0, 0.1) is 5.82 Å². The van der Waals surface area contributed by atoms with Crippen molar-refractivity contribution < 1.29 is 27.2 Å². The van der Waals surface area contributed by atoms with Crippen LogP contribution in [-0.4, -0.2) is 74.8 Å². The molecule has 0 aromatic heterocycles. The third-order valence-corrected chi connectivity index (χ3v) is 6.94. The molecule has 1 aliphatic rings. The maximum absolute atomic E-state index is 14.0. The summed E-state index contributed by atoms with van der Waals surface area (Å²) in [5, 5.41) is 0.265. The summed E-state index contributed by atoms with van der Waals surface area (Å²) in [6.07, 6.45) is 0. The van der Waals surface area contributed by atoms with E-state index >= 15 is 0 Å². The van der Waals surface area contributed by atoms with Crippen molar-refractivity contribution in [2.75, 3.05) is 40.3 Å². The second kappa shape index (κ2) is 9.31. The van der Waals surface area contributed by atoms with Crippen molar-refractivity contribution in [3.63, 3.8) is 0 Å². The first kappa shape index (κ1) is 23.1. The fourth-order valence-corrected chi connectivity index (χ4v) is 4.29. The predicted molar refractivity (Wildman–Crippen MR) is 112 cm³/mol. The van der Waals surface area contributed by atoms with Crippen LogP contribution in [0.15, 0.2) is 47.4 Å². The first-order chi connectivity index (χ1) is 14.6. The van der Waals surface area contributed by atoms with Gasteiger partial charge >= 0.3 is 0 Å². The summed E-state index contributed by atoms with van der Waals surface area (Å²) >= 11 is 5.86. The van der Waals surface area contributed by atoms with E-state index in [1.165, 1.54) is 55.5 Å². The van der Waals surface area contributed by atoms with Crippen LogP contribution in [0.1, 0.15) is 20.7 Å². The molecule has 2 amide bonds. The summed E-state index contributed by atoms with van der Waals surface area (Å²) in [5.74, 6) is -1.42. The Labute approximate surface area is 184 Å². The van der Waals surface area contributed by atoms with E-state index in [0.29, 0.717) is 5.56 Å².